The van der Waals surface area contributed by atoms with Gasteiger partial charge >= 0.3 is 5.97 Å². The van der Waals surface area contributed by atoms with Gasteiger partial charge in [0.25, 0.3) is 0 Å². The van der Waals surface area contributed by atoms with Crippen LogP contribution in [0.4, 0.5) is 0 Å². The molecule has 0 fully saturated rings. The summed E-state index contributed by atoms with van der Waals surface area (Å²) in [6, 6.07) is 2.90. The van der Waals surface area contributed by atoms with E-state index in [0.29, 0.717) is 12.8 Å². The number of hydrogen-bond donors (Lipinski definition) is 2. The molecule has 5 nitrogen and oxygen atoms in total. The van der Waals surface area contributed by atoms with Crippen LogP contribution in [0.15, 0.2) is 24.5 Å². The SMILES string of the molecule is CCC[C@H](NC(=O)CCc1ccncc1)C(=O)O. The Balaban J connectivity index is 2.39. The van der Waals surface area contributed by atoms with Crippen molar-refractivity contribution in [3.8, 4) is 0 Å². The number of pyridine rings is 1. The molecule has 18 heavy (non-hydrogen) atoms. The first-order valence-electron chi connectivity index (χ1n) is 6.04. The molecule has 1 heterocycles. The zero-order valence-corrected chi connectivity index (χ0v) is 10.4. The molecule has 0 bridgehead atoms. The van der Waals surface area contributed by atoms with Crippen molar-refractivity contribution in [3.05, 3.63) is 30.1 Å². The Bertz CT molecular complexity index is 392. The van der Waals surface area contributed by atoms with Gasteiger partial charge in [0.1, 0.15) is 6.04 Å². The van der Waals surface area contributed by atoms with Crippen molar-refractivity contribution in [2.45, 2.75) is 38.6 Å². The van der Waals surface area contributed by atoms with Gasteiger partial charge in [-0.3, -0.25) is 9.78 Å². The van der Waals surface area contributed by atoms with Crippen LogP contribution in [0.3, 0.4) is 0 Å². The molecule has 1 amide bonds. The lowest BCUT2D eigenvalue weighted by Gasteiger charge is -2.13. The zero-order chi connectivity index (χ0) is 13.4. The van der Waals surface area contributed by atoms with Gasteiger partial charge < -0.3 is 10.4 Å². The maximum Gasteiger partial charge on any atom is 0.326 e. The van der Waals surface area contributed by atoms with E-state index in [4.69, 9.17) is 5.11 Å². The third kappa shape index (κ3) is 4.95. The predicted octanol–water partition coefficient (Wildman–Crippen LogP) is 1.38. The average molecular weight is 250 g/mol. The molecule has 0 aromatic carbocycles. The molecule has 98 valence electrons. The fourth-order valence-corrected chi connectivity index (χ4v) is 1.62. The molecule has 0 radical (unpaired) electrons. The maximum atomic E-state index is 11.6. The summed E-state index contributed by atoms with van der Waals surface area (Å²) in [5.74, 6) is -1.21. The Labute approximate surface area is 106 Å². The van der Waals surface area contributed by atoms with E-state index in [9.17, 15) is 9.59 Å². The number of aryl methyl sites for hydroxylation is 1. The summed E-state index contributed by atoms with van der Waals surface area (Å²) in [6.07, 6.45) is 5.40. The molecule has 1 aromatic rings. The van der Waals surface area contributed by atoms with Gasteiger partial charge in [-0.15, -0.1) is 0 Å². The molecule has 5 heteroatoms. The monoisotopic (exact) mass is 250 g/mol. The van der Waals surface area contributed by atoms with Gasteiger partial charge in [0.15, 0.2) is 0 Å². The quantitative estimate of drug-likeness (QED) is 0.766. The molecular weight excluding hydrogens is 232 g/mol. The van der Waals surface area contributed by atoms with Crippen LogP contribution in [0.5, 0.6) is 0 Å². The summed E-state index contributed by atoms with van der Waals surface area (Å²) in [5, 5.41) is 11.4. The van der Waals surface area contributed by atoms with Crippen LogP contribution in [0, 0.1) is 0 Å². The second-order valence-electron chi connectivity index (χ2n) is 4.10. The fraction of sp³-hybridized carbons (Fsp3) is 0.462. The fourth-order valence-electron chi connectivity index (χ4n) is 1.62. The van der Waals surface area contributed by atoms with Gasteiger partial charge in [0, 0.05) is 18.8 Å². The summed E-state index contributed by atoms with van der Waals surface area (Å²) in [7, 11) is 0. The van der Waals surface area contributed by atoms with Gasteiger partial charge in [-0.05, 0) is 30.5 Å². The Morgan fingerprint density at radius 3 is 2.61 bits per heavy atom. The highest BCUT2D eigenvalue weighted by atomic mass is 16.4. The van der Waals surface area contributed by atoms with E-state index in [1.807, 2.05) is 19.1 Å². The molecule has 0 saturated carbocycles. The van der Waals surface area contributed by atoms with Crippen molar-refractivity contribution in [1.29, 1.82) is 0 Å². The lowest BCUT2D eigenvalue weighted by molar-refractivity contribution is -0.142. The summed E-state index contributed by atoms with van der Waals surface area (Å²) < 4.78 is 0. The lowest BCUT2D eigenvalue weighted by Crippen LogP contribution is -2.40. The van der Waals surface area contributed by atoms with Crippen LogP contribution in [-0.4, -0.2) is 28.0 Å². The Morgan fingerprint density at radius 2 is 2.06 bits per heavy atom. The zero-order valence-electron chi connectivity index (χ0n) is 10.4. The predicted molar refractivity (Wildman–Crippen MR) is 67.0 cm³/mol. The van der Waals surface area contributed by atoms with Crippen LogP contribution in [0.25, 0.3) is 0 Å². The second-order valence-corrected chi connectivity index (χ2v) is 4.10. The van der Waals surface area contributed by atoms with E-state index in [2.05, 4.69) is 10.3 Å². The first-order valence-corrected chi connectivity index (χ1v) is 6.04. The summed E-state index contributed by atoms with van der Waals surface area (Å²) in [5.41, 5.74) is 1.02. The number of aliphatic carboxylic acids is 1. The highest BCUT2D eigenvalue weighted by molar-refractivity contribution is 5.83. The van der Waals surface area contributed by atoms with E-state index in [0.717, 1.165) is 12.0 Å². The maximum absolute atomic E-state index is 11.6. The van der Waals surface area contributed by atoms with Crippen LogP contribution >= 0.6 is 0 Å². The average Bonchev–Trinajstić information content (AvgIpc) is 2.37. The highest BCUT2D eigenvalue weighted by Crippen LogP contribution is 2.02. The van der Waals surface area contributed by atoms with Crippen molar-refractivity contribution in [2.24, 2.45) is 0 Å². The first kappa shape index (κ1) is 14.2. The van der Waals surface area contributed by atoms with E-state index in [1.54, 1.807) is 12.4 Å². The minimum atomic E-state index is -0.978. The molecule has 2 N–H and O–H groups in total. The molecule has 0 aliphatic rings. The lowest BCUT2D eigenvalue weighted by atomic mass is 10.1. The number of hydrogen-bond acceptors (Lipinski definition) is 3. The number of nitrogens with one attached hydrogen (secondary N) is 1. The van der Waals surface area contributed by atoms with Crippen molar-refractivity contribution in [3.63, 3.8) is 0 Å². The number of carbonyl (C=O) groups excluding carboxylic acids is 1. The number of aromatic nitrogens is 1. The number of carboxylic acid groups (broad SMARTS) is 1. The molecule has 0 aliphatic carbocycles. The summed E-state index contributed by atoms with van der Waals surface area (Å²) in [6.45, 7) is 1.89. The first-order chi connectivity index (χ1) is 8.63. The number of carbonyl (C=O) groups is 2. The molecule has 1 aromatic heterocycles. The summed E-state index contributed by atoms with van der Waals surface area (Å²) >= 11 is 0. The van der Waals surface area contributed by atoms with Gasteiger partial charge in [0.2, 0.25) is 5.91 Å². The number of rotatable bonds is 7. The number of nitrogens with zero attached hydrogens (tertiary/aromatic N) is 1. The van der Waals surface area contributed by atoms with Gasteiger partial charge in [-0.1, -0.05) is 13.3 Å². The van der Waals surface area contributed by atoms with Crippen LogP contribution in [-0.2, 0) is 16.0 Å². The van der Waals surface area contributed by atoms with Crippen LogP contribution < -0.4 is 5.32 Å². The molecule has 1 atom stereocenters. The minimum absolute atomic E-state index is 0.229. The van der Waals surface area contributed by atoms with Crippen molar-refractivity contribution < 1.29 is 14.7 Å². The largest absolute Gasteiger partial charge is 0.480 e. The van der Waals surface area contributed by atoms with Crippen molar-refractivity contribution in [2.75, 3.05) is 0 Å². The van der Waals surface area contributed by atoms with Crippen molar-refractivity contribution >= 4 is 11.9 Å². The van der Waals surface area contributed by atoms with Crippen molar-refractivity contribution in [1.82, 2.24) is 10.3 Å². The molecule has 0 saturated heterocycles. The summed E-state index contributed by atoms with van der Waals surface area (Å²) in [4.78, 5) is 26.4. The van der Waals surface area contributed by atoms with Crippen LogP contribution in [0.2, 0.25) is 0 Å². The third-order valence-electron chi connectivity index (χ3n) is 2.60. The smallest absolute Gasteiger partial charge is 0.326 e. The molecule has 0 unspecified atom stereocenters. The van der Waals surface area contributed by atoms with E-state index in [1.165, 1.54) is 0 Å². The highest BCUT2D eigenvalue weighted by Gasteiger charge is 2.18. The Hall–Kier alpha value is -1.91. The molecular formula is C13H18N2O3. The normalized spacial score (nSPS) is 11.8. The Kier molecular flexibility index (Phi) is 5.84. The van der Waals surface area contributed by atoms with E-state index < -0.39 is 12.0 Å². The van der Waals surface area contributed by atoms with Gasteiger partial charge in [-0.25, -0.2) is 4.79 Å². The second kappa shape index (κ2) is 7.42. The number of amides is 1. The molecule has 0 aliphatic heterocycles. The third-order valence-corrected chi connectivity index (χ3v) is 2.60. The topological polar surface area (TPSA) is 79.3 Å². The Morgan fingerprint density at radius 1 is 1.39 bits per heavy atom. The van der Waals surface area contributed by atoms with Gasteiger partial charge in [-0.2, -0.15) is 0 Å². The molecule has 1 rings (SSSR count). The minimum Gasteiger partial charge on any atom is -0.480 e. The molecule has 0 spiro atoms. The van der Waals surface area contributed by atoms with Gasteiger partial charge in [0.05, 0.1) is 0 Å². The standard InChI is InChI=1S/C13H18N2O3/c1-2-3-11(13(17)18)15-12(16)5-4-10-6-8-14-9-7-10/h6-9,11H,2-5H2,1H3,(H,15,16)(H,17,18)/t11-/m0/s1. The van der Waals surface area contributed by atoms with Crippen LogP contribution in [0.1, 0.15) is 31.7 Å². The van der Waals surface area contributed by atoms with E-state index >= 15 is 0 Å². The number of carboxylic acids is 1. The van der Waals surface area contributed by atoms with E-state index in [-0.39, 0.29) is 12.3 Å².